The Labute approximate surface area is 55.0 Å². The van der Waals surface area contributed by atoms with Crippen molar-refractivity contribution >= 4 is 0 Å². The lowest BCUT2D eigenvalue weighted by Crippen LogP contribution is -1.88. The molecule has 0 aliphatic heterocycles. The van der Waals surface area contributed by atoms with E-state index in [4.69, 9.17) is 5.11 Å². The summed E-state index contributed by atoms with van der Waals surface area (Å²) in [6, 6.07) is 11.3. The fourth-order valence-electron chi connectivity index (χ4n) is 0.652. The molecular weight excluding hydrogens is 112 g/mol. The quantitative estimate of drug-likeness (QED) is 0.612. The number of aliphatic hydroxyl groups is 1. The lowest BCUT2D eigenvalue weighted by atomic mass is 10.2. The molecule has 1 N–H and O–H groups in total. The minimum absolute atomic E-state index is 0.189. The van der Waals surface area contributed by atoms with Gasteiger partial charge in [0.2, 0.25) is 0 Å². The van der Waals surface area contributed by atoms with E-state index in [0.717, 1.165) is 5.56 Å². The van der Waals surface area contributed by atoms with Crippen molar-refractivity contribution in [2.24, 2.45) is 0 Å². The van der Waals surface area contributed by atoms with Crippen molar-refractivity contribution in [3.8, 4) is 0 Å². The minimum atomic E-state index is 0.189. The van der Waals surface area contributed by atoms with Crippen LogP contribution in [0.2, 0.25) is 0 Å². The third-order valence-corrected chi connectivity index (χ3v) is 1.09. The van der Waals surface area contributed by atoms with E-state index in [2.05, 4.69) is 12.1 Å². The summed E-state index contributed by atoms with van der Waals surface area (Å²) in [6.07, 6.45) is 0.678. The Kier molecular flexibility index (Phi) is 2.28. The van der Waals surface area contributed by atoms with E-state index in [9.17, 15) is 0 Å². The van der Waals surface area contributed by atoms with Gasteiger partial charge >= 0.3 is 0 Å². The largest absolute Gasteiger partial charge is 0.396 e. The summed E-state index contributed by atoms with van der Waals surface area (Å²) in [4.78, 5) is 0. The molecule has 1 aromatic carbocycles. The Bertz CT molecular complexity index is 157. The lowest BCUT2D eigenvalue weighted by Gasteiger charge is -1.92. The zero-order valence-electron chi connectivity index (χ0n) is 5.09. The number of hydrogen-bond acceptors (Lipinski definition) is 1. The Morgan fingerprint density at radius 1 is 1.44 bits per heavy atom. The molecule has 0 heterocycles. The van der Waals surface area contributed by atoms with Crippen molar-refractivity contribution in [3.63, 3.8) is 0 Å². The SMILES string of the molecule is OCCc1[c]cc[c]c1. The van der Waals surface area contributed by atoms with Crippen LogP contribution in [0.4, 0.5) is 0 Å². The first-order chi connectivity index (χ1) is 4.43. The van der Waals surface area contributed by atoms with Gasteiger partial charge in [-0.05, 0) is 24.1 Å². The number of hydrogen-bond donors (Lipinski definition) is 1. The van der Waals surface area contributed by atoms with Crippen molar-refractivity contribution in [2.75, 3.05) is 6.61 Å². The van der Waals surface area contributed by atoms with E-state index in [-0.39, 0.29) is 6.61 Å². The number of benzene rings is 1. The minimum Gasteiger partial charge on any atom is -0.396 e. The standard InChI is InChI=1S/C8H8O/c9-7-6-8-4-2-1-3-5-8/h1-2,5,9H,6-7H2. The van der Waals surface area contributed by atoms with Crippen molar-refractivity contribution in [3.05, 3.63) is 35.9 Å². The van der Waals surface area contributed by atoms with Crippen molar-refractivity contribution in [1.29, 1.82) is 0 Å². The second kappa shape index (κ2) is 3.25. The fraction of sp³-hybridized carbons (Fsp3) is 0.250. The fourth-order valence-corrected chi connectivity index (χ4v) is 0.652. The summed E-state index contributed by atoms with van der Waals surface area (Å²) in [5, 5.41) is 8.49. The predicted molar refractivity (Wildman–Crippen MR) is 34.9 cm³/mol. The van der Waals surface area contributed by atoms with Crippen LogP contribution in [-0.4, -0.2) is 11.7 Å². The van der Waals surface area contributed by atoms with Crippen molar-refractivity contribution in [2.45, 2.75) is 6.42 Å². The van der Waals surface area contributed by atoms with Crippen LogP contribution in [0.25, 0.3) is 0 Å². The molecule has 0 saturated carbocycles. The van der Waals surface area contributed by atoms with Crippen LogP contribution < -0.4 is 0 Å². The zero-order valence-corrected chi connectivity index (χ0v) is 5.09. The summed E-state index contributed by atoms with van der Waals surface area (Å²) in [5.41, 5.74) is 1.01. The molecule has 2 radical (unpaired) electrons. The second-order valence-electron chi connectivity index (χ2n) is 1.79. The monoisotopic (exact) mass is 120 g/mol. The first-order valence-corrected chi connectivity index (χ1v) is 2.91. The highest BCUT2D eigenvalue weighted by atomic mass is 16.2. The average molecular weight is 120 g/mol. The third kappa shape index (κ3) is 1.86. The summed E-state index contributed by atoms with van der Waals surface area (Å²) in [6.45, 7) is 0.189. The van der Waals surface area contributed by atoms with Gasteiger partial charge in [-0.25, -0.2) is 0 Å². The van der Waals surface area contributed by atoms with E-state index in [1.807, 2.05) is 6.07 Å². The van der Waals surface area contributed by atoms with Crippen LogP contribution in [0.1, 0.15) is 5.56 Å². The van der Waals surface area contributed by atoms with Gasteiger partial charge in [-0.15, -0.1) is 0 Å². The summed E-state index contributed by atoms with van der Waals surface area (Å²) < 4.78 is 0. The number of aliphatic hydroxyl groups excluding tert-OH is 1. The van der Waals surface area contributed by atoms with Crippen LogP contribution in [-0.2, 0) is 6.42 Å². The smallest absolute Gasteiger partial charge is 0.0471 e. The Morgan fingerprint density at radius 2 is 2.33 bits per heavy atom. The van der Waals surface area contributed by atoms with Crippen LogP contribution in [0.3, 0.4) is 0 Å². The molecule has 0 atom stereocenters. The van der Waals surface area contributed by atoms with Gasteiger partial charge in [0.05, 0.1) is 0 Å². The molecule has 0 aromatic heterocycles. The molecule has 9 heavy (non-hydrogen) atoms. The molecule has 46 valence electrons. The molecule has 0 aliphatic rings. The first kappa shape index (κ1) is 6.30. The summed E-state index contributed by atoms with van der Waals surface area (Å²) in [7, 11) is 0. The molecule has 1 nitrogen and oxygen atoms in total. The maximum absolute atomic E-state index is 8.49. The Hall–Kier alpha value is -0.820. The molecular formula is C8H8O. The van der Waals surface area contributed by atoms with Crippen LogP contribution in [0.15, 0.2) is 18.2 Å². The molecule has 0 fully saturated rings. The summed E-state index contributed by atoms with van der Waals surface area (Å²) in [5.74, 6) is 0. The van der Waals surface area contributed by atoms with Crippen molar-refractivity contribution in [1.82, 2.24) is 0 Å². The molecule has 0 saturated heterocycles. The molecule has 0 amide bonds. The van der Waals surface area contributed by atoms with Crippen LogP contribution >= 0.6 is 0 Å². The number of rotatable bonds is 2. The van der Waals surface area contributed by atoms with Crippen LogP contribution in [0.5, 0.6) is 0 Å². The molecule has 0 aliphatic carbocycles. The second-order valence-corrected chi connectivity index (χ2v) is 1.79. The van der Waals surface area contributed by atoms with Gasteiger partial charge in [0.1, 0.15) is 0 Å². The van der Waals surface area contributed by atoms with Gasteiger partial charge in [0.15, 0.2) is 0 Å². The van der Waals surface area contributed by atoms with Gasteiger partial charge in [-0.1, -0.05) is 18.2 Å². The zero-order chi connectivity index (χ0) is 6.53. The molecule has 1 heteroatoms. The predicted octanol–water partition coefficient (Wildman–Crippen LogP) is 0.822. The van der Waals surface area contributed by atoms with Gasteiger partial charge in [-0.2, -0.15) is 0 Å². The molecule has 0 unspecified atom stereocenters. The molecule has 0 bridgehead atoms. The molecule has 1 aromatic rings. The lowest BCUT2D eigenvalue weighted by molar-refractivity contribution is 0.299. The van der Waals surface area contributed by atoms with E-state index in [1.54, 1.807) is 12.1 Å². The van der Waals surface area contributed by atoms with Gasteiger partial charge in [0.25, 0.3) is 0 Å². The highest BCUT2D eigenvalue weighted by Gasteiger charge is 1.86. The normalized spacial score (nSPS) is 9.44. The first-order valence-electron chi connectivity index (χ1n) is 2.91. The molecule has 1 rings (SSSR count). The molecule has 0 spiro atoms. The van der Waals surface area contributed by atoms with Gasteiger partial charge in [-0.3, -0.25) is 0 Å². The Balaban J connectivity index is 2.61. The maximum Gasteiger partial charge on any atom is 0.0471 e. The topological polar surface area (TPSA) is 20.2 Å². The highest BCUT2D eigenvalue weighted by Crippen LogP contribution is 1.95. The third-order valence-electron chi connectivity index (χ3n) is 1.09. The van der Waals surface area contributed by atoms with Gasteiger partial charge < -0.3 is 5.11 Å². The van der Waals surface area contributed by atoms with Crippen LogP contribution in [0, 0.1) is 12.1 Å². The Morgan fingerprint density at radius 3 is 2.89 bits per heavy atom. The van der Waals surface area contributed by atoms with E-state index in [0.29, 0.717) is 6.42 Å². The average Bonchev–Trinajstić information content (AvgIpc) is 1.91. The highest BCUT2D eigenvalue weighted by molar-refractivity contribution is 5.11. The van der Waals surface area contributed by atoms with Crippen molar-refractivity contribution < 1.29 is 5.11 Å². The van der Waals surface area contributed by atoms with E-state index in [1.165, 1.54) is 0 Å². The van der Waals surface area contributed by atoms with E-state index >= 15 is 0 Å². The maximum atomic E-state index is 8.49. The van der Waals surface area contributed by atoms with E-state index < -0.39 is 0 Å². The van der Waals surface area contributed by atoms with Gasteiger partial charge in [0, 0.05) is 6.61 Å². The summed E-state index contributed by atoms with van der Waals surface area (Å²) >= 11 is 0.